The van der Waals surface area contributed by atoms with Crippen molar-refractivity contribution in [2.45, 2.75) is 12.3 Å². The van der Waals surface area contributed by atoms with E-state index in [1.807, 2.05) is 6.07 Å². The van der Waals surface area contributed by atoms with Crippen LogP contribution in [0.25, 0.3) is 5.65 Å². The topological polar surface area (TPSA) is 73.6 Å². The van der Waals surface area contributed by atoms with Crippen LogP contribution in [0.3, 0.4) is 0 Å². The van der Waals surface area contributed by atoms with Gasteiger partial charge in [0.25, 0.3) is 5.56 Å². The molecule has 6 nitrogen and oxygen atoms in total. The fourth-order valence-electron chi connectivity index (χ4n) is 2.74. The molecule has 0 bridgehead atoms. The molecule has 0 amide bonds. The monoisotopic (exact) mass is 293 g/mol. The normalized spacial score (nSPS) is 17.1. The molecule has 0 radical (unpaired) electrons. The number of carbonyl (C=O) groups is 1. The second kappa shape index (κ2) is 4.77. The third kappa shape index (κ3) is 1.88. The summed E-state index contributed by atoms with van der Waals surface area (Å²) in [6, 6.07) is 8.86. The van der Waals surface area contributed by atoms with Gasteiger partial charge in [-0.3, -0.25) is 19.0 Å². The number of aromatic nitrogens is 3. The molecular formula is C16H11N3O3. The molecule has 22 heavy (non-hydrogen) atoms. The minimum atomic E-state index is -0.395. The van der Waals surface area contributed by atoms with E-state index in [2.05, 4.69) is 9.97 Å². The van der Waals surface area contributed by atoms with Gasteiger partial charge in [-0.05, 0) is 23.8 Å². The van der Waals surface area contributed by atoms with Gasteiger partial charge < -0.3 is 4.74 Å². The van der Waals surface area contributed by atoms with Crippen LogP contribution in [-0.2, 0) is 4.79 Å². The SMILES string of the molecule is O=C1C[C@H](c2cccnc2)c2c(nc3ccccn3c2=O)O1. The molecule has 1 aliphatic heterocycles. The van der Waals surface area contributed by atoms with E-state index in [1.165, 1.54) is 4.40 Å². The van der Waals surface area contributed by atoms with Crippen LogP contribution in [0, 0.1) is 0 Å². The van der Waals surface area contributed by atoms with E-state index in [1.54, 1.807) is 42.9 Å². The lowest BCUT2D eigenvalue weighted by atomic mass is 9.89. The number of esters is 1. The second-order valence-electron chi connectivity index (χ2n) is 5.08. The summed E-state index contributed by atoms with van der Waals surface area (Å²) in [5.74, 6) is -0.683. The molecule has 0 saturated heterocycles. The number of nitrogens with zero attached hydrogens (tertiary/aromatic N) is 3. The molecule has 0 N–H and O–H groups in total. The second-order valence-corrected chi connectivity index (χ2v) is 5.08. The molecule has 0 spiro atoms. The Morgan fingerprint density at radius 1 is 1.18 bits per heavy atom. The molecule has 1 aliphatic rings. The van der Waals surface area contributed by atoms with Crippen LogP contribution in [0.4, 0.5) is 0 Å². The first-order chi connectivity index (χ1) is 10.7. The predicted molar refractivity (Wildman–Crippen MR) is 77.8 cm³/mol. The zero-order valence-corrected chi connectivity index (χ0v) is 11.5. The van der Waals surface area contributed by atoms with Crippen LogP contribution in [-0.4, -0.2) is 20.3 Å². The third-order valence-corrected chi connectivity index (χ3v) is 3.75. The number of fused-ring (bicyclic) bond motifs is 2. The third-order valence-electron chi connectivity index (χ3n) is 3.75. The molecule has 4 rings (SSSR count). The van der Waals surface area contributed by atoms with Crippen LogP contribution in [0.2, 0.25) is 0 Å². The van der Waals surface area contributed by atoms with Crippen molar-refractivity contribution in [3.05, 3.63) is 70.4 Å². The molecule has 0 aliphatic carbocycles. The number of hydrogen-bond donors (Lipinski definition) is 0. The van der Waals surface area contributed by atoms with E-state index in [0.29, 0.717) is 11.2 Å². The van der Waals surface area contributed by atoms with E-state index in [9.17, 15) is 9.59 Å². The Bertz CT molecular complexity index is 934. The van der Waals surface area contributed by atoms with Crippen LogP contribution < -0.4 is 10.3 Å². The Morgan fingerprint density at radius 3 is 2.91 bits per heavy atom. The largest absolute Gasteiger partial charge is 0.407 e. The highest BCUT2D eigenvalue weighted by Crippen LogP contribution is 2.35. The number of carbonyl (C=O) groups excluding carboxylic acids is 1. The minimum Gasteiger partial charge on any atom is -0.407 e. The lowest BCUT2D eigenvalue weighted by Gasteiger charge is -2.23. The molecule has 0 fully saturated rings. The van der Waals surface area contributed by atoms with Crippen molar-refractivity contribution in [2.24, 2.45) is 0 Å². The molecule has 0 saturated carbocycles. The van der Waals surface area contributed by atoms with Crippen molar-refractivity contribution in [3.8, 4) is 5.88 Å². The Labute approximate surface area is 125 Å². The summed E-state index contributed by atoms with van der Waals surface area (Å²) in [5, 5.41) is 0. The number of hydrogen-bond acceptors (Lipinski definition) is 5. The van der Waals surface area contributed by atoms with Crippen LogP contribution in [0.15, 0.2) is 53.7 Å². The zero-order chi connectivity index (χ0) is 15.1. The van der Waals surface area contributed by atoms with Gasteiger partial charge in [0.2, 0.25) is 5.88 Å². The van der Waals surface area contributed by atoms with Crippen molar-refractivity contribution in [1.82, 2.24) is 14.4 Å². The summed E-state index contributed by atoms with van der Waals surface area (Å²) in [4.78, 5) is 33.0. The van der Waals surface area contributed by atoms with E-state index < -0.39 is 5.97 Å². The maximum absolute atomic E-state index is 12.8. The summed E-state index contributed by atoms with van der Waals surface area (Å²) in [6.07, 6.45) is 5.07. The van der Waals surface area contributed by atoms with Gasteiger partial charge in [-0.15, -0.1) is 0 Å². The van der Waals surface area contributed by atoms with Gasteiger partial charge >= 0.3 is 5.97 Å². The average molecular weight is 293 g/mol. The summed E-state index contributed by atoms with van der Waals surface area (Å²) in [6.45, 7) is 0. The van der Waals surface area contributed by atoms with E-state index >= 15 is 0 Å². The Morgan fingerprint density at radius 2 is 2.09 bits per heavy atom. The van der Waals surface area contributed by atoms with Gasteiger partial charge in [0, 0.05) is 24.5 Å². The van der Waals surface area contributed by atoms with Crippen molar-refractivity contribution in [3.63, 3.8) is 0 Å². The average Bonchev–Trinajstić information content (AvgIpc) is 2.55. The van der Waals surface area contributed by atoms with Gasteiger partial charge in [-0.25, -0.2) is 0 Å². The predicted octanol–water partition coefficient (Wildman–Crippen LogP) is 1.53. The molecule has 6 heteroatoms. The molecule has 1 atom stereocenters. The van der Waals surface area contributed by atoms with E-state index in [-0.39, 0.29) is 23.8 Å². The highest BCUT2D eigenvalue weighted by molar-refractivity contribution is 5.77. The van der Waals surface area contributed by atoms with Gasteiger partial charge in [0.1, 0.15) is 5.65 Å². The molecule has 3 aromatic rings. The number of pyridine rings is 2. The van der Waals surface area contributed by atoms with Crippen molar-refractivity contribution in [1.29, 1.82) is 0 Å². The van der Waals surface area contributed by atoms with Crippen molar-refractivity contribution < 1.29 is 9.53 Å². The zero-order valence-electron chi connectivity index (χ0n) is 11.5. The quantitative estimate of drug-likeness (QED) is 0.636. The van der Waals surface area contributed by atoms with Crippen molar-refractivity contribution in [2.75, 3.05) is 0 Å². The van der Waals surface area contributed by atoms with Crippen LogP contribution >= 0.6 is 0 Å². The van der Waals surface area contributed by atoms with Crippen molar-refractivity contribution >= 4 is 11.6 Å². The molecule has 108 valence electrons. The maximum Gasteiger partial charge on any atom is 0.313 e. The standard InChI is InChI=1S/C16H11N3O3/c20-13-8-11(10-4-3-6-17-9-10)14-15(22-13)18-12-5-1-2-7-19(12)16(14)21/h1-7,9,11H,8H2/t11-/m1/s1. The van der Waals surface area contributed by atoms with Crippen LogP contribution in [0.5, 0.6) is 5.88 Å². The molecular weight excluding hydrogens is 282 g/mol. The van der Waals surface area contributed by atoms with Gasteiger partial charge in [-0.1, -0.05) is 12.1 Å². The maximum atomic E-state index is 12.8. The van der Waals surface area contributed by atoms with Gasteiger partial charge in [-0.2, -0.15) is 4.98 Å². The first-order valence-corrected chi connectivity index (χ1v) is 6.86. The van der Waals surface area contributed by atoms with Crippen LogP contribution in [0.1, 0.15) is 23.5 Å². The Kier molecular flexibility index (Phi) is 2.75. The Balaban J connectivity index is 2.02. The molecule has 3 aromatic heterocycles. The lowest BCUT2D eigenvalue weighted by molar-refractivity contribution is -0.135. The summed E-state index contributed by atoms with van der Waals surface area (Å²) < 4.78 is 6.65. The number of rotatable bonds is 1. The molecule has 0 unspecified atom stereocenters. The molecule has 4 heterocycles. The highest BCUT2D eigenvalue weighted by Gasteiger charge is 2.33. The minimum absolute atomic E-state index is 0.0984. The smallest absolute Gasteiger partial charge is 0.313 e. The fourth-order valence-corrected chi connectivity index (χ4v) is 2.74. The first kappa shape index (κ1) is 12.7. The van der Waals surface area contributed by atoms with E-state index in [4.69, 9.17) is 4.74 Å². The van der Waals surface area contributed by atoms with E-state index in [0.717, 1.165) is 5.56 Å². The summed E-state index contributed by atoms with van der Waals surface area (Å²) in [7, 11) is 0. The van der Waals surface area contributed by atoms with Gasteiger partial charge in [0.05, 0.1) is 12.0 Å². The summed E-state index contributed by atoms with van der Waals surface area (Å²) in [5.41, 5.74) is 1.43. The fraction of sp³-hybridized carbons (Fsp3) is 0.125. The summed E-state index contributed by atoms with van der Waals surface area (Å²) >= 11 is 0. The Hall–Kier alpha value is -3.02. The van der Waals surface area contributed by atoms with Gasteiger partial charge in [0.15, 0.2) is 0 Å². The number of ether oxygens (including phenoxy) is 1. The lowest BCUT2D eigenvalue weighted by Crippen LogP contribution is -2.31. The highest BCUT2D eigenvalue weighted by atomic mass is 16.5. The molecule has 0 aromatic carbocycles. The first-order valence-electron chi connectivity index (χ1n) is 6.86.